The van der Waals surface area contributed by atoms with Crippen LogP contribution in [0.15, 0.2) is 12.7 Å². The molecule has 0 atom stereocenters. The average molecular weight is 223 g/mol. The summed E-state index contributed by atoms with van der Waals surface area (Å²) in [6.07, 6.45) is 7.53. The van der Waals surface area contributed by atoms with Crippen molar-refractivity contribution in [3.63, 3.8) is 0 Å². The van der Waals surface area contributed by atoms with Gasteiger partial charge in [-0.15, -0.1) is 5.10 Å². The van der Waals surface area contributed by atoms with Crippen LogP contribution in [0.1, 0.15) is 32.6 Å². The van der Waals surface area contributed by atoms with Gasteiger partial charge in [0.15, 0.2) is 0 Å². The zero-order valence-corrected chi connectivity index (χ0v) is 9.46. The first-order valence-corrected chi connectivity index (χ1v) is 5.73. The summed E-state index contributed by atoms with van der Waals surface area (Å²) in [5, 5.41) is 3.85. The highest BCUT2D eigenvalue weighted by atomic mass is 16.2. The maximum Gasteiger partial charge on any atom is 0.338 e. The summed E-state index contributed by atoms with van der Waals surface area (Å²) in [5.74, 6) is 0. The van der Waals surface area contributed by atoms with Crippen LogP contribution in [0.25, 0.3) is 0 Å². The summed E-state index contributed by atoms with van der Waals surface area (Å²) in [7, 11) is 0. The zero-order chi connectivity index (χ0) is 11.4. The Morgan fingerprint density at radius 1 is 1.56 bits per heavy atom. The van der Waals surface area contributed by atoms with Crippen molar-refractivity contribution in [3.8, 4) is 0 Å². The molecular weight excluding hydrogens is 206 g/mol. The average Bonchev–Trinajstić information content (AvgIpc) is 2.91. The number of aromatic nitrogens is 3. The highest BCUT2D eigenvalue weighted by molar-refractivity contribution is 5.82. The van der Waals surface area contributed by atoms with Crippen molar-refractivity contribution in [1.82, 2.24) is 19.8 Å². The van der Waals surface area contributed by atoms with Crippen molar-refractivity contribution >= 4 is 6.03 Å². The van der Waals surface area contributed by atoms with Crippen LogP contribution in [0.4, 0.5) is 4.79 Å². The van der Waals surface area contributed by atoms with E-state index in [9.17, 15) is 4.79 Å². The van der Waals surface area contributed by atoms with Crippen molar-refractivity contribution in [3.05, 3.63) is 12.7 Å². The maximum atomic E-state index is 12.0. The molecule has 1 heterocycles. The van der Waals surface area contributed by atoms with Gasteiger partial charge in [0, 0.05) is 12.6 Å². The van der Waals surface area contributed by atoms with Crippen LogP contribution in [0.5, 0.6) is 0 Å². The topological polar surface area (TPSA) is 63.1 Å². The number of amides is 2. The van der Waals surface area contributed by atoms with Crippen molar-refractivity contribution in [2.24, 2.45) is 0 Å². The van der Waals surface area contributed by atoms with Crippen LogP contribution in [0.2, 0.25) is 0 Å². The lowest BCUT2D eigenvalue weighted by Crippen LogP contribution is -2.44. The van der Waals surface area contributed by atoms with E-state index in [1.807, 2.05) is 11.8 Å². The first-order chi connectivity index (χ1) is 7.81. The third-order valence-corrected chi connectivity index (χ3v) is 3.00. The van der Waals surface area contributed by atoms with Gasteiger partial charge in [-0.1, -0.05) is 12.8 Å². The Hall–Kier alpha value is -1.59. The van der Waals surface area contributed by atoms with Crippen LogP contribution in [0, 0.1) is 0 Å². The summed E-state index contributed by atoms with van der Waals surface area (Å²) in [4.78, 5) is 18.9. The van der Waals surface area contributed by atoms with E-state index in [0.717, 1.165) is 19.4 Å². The van der Waals surface area contributed by atoms with Gasteiger partial charge < -0.3 is 4.90 Å². The van der Waals surface area contributed by atoms with Gasteiger partial charge in [0.25, 0.3) is 0 Å². The Morgan fingerprint density at radius 2 is 2.31 bits per heavy atom. The SMILES string of the molecule is CCN(C(=O)Nn1cncn1)C1CCCC1. The molecule has 0 aromatic carbocycles. The minimum absolute atomic E-state index is 0.0973. The van der Waals surface area contributed by atoms with Gasteiger partial charge in [0.05, 0.1) is 0 Å². The lowest BCUT2D eigenvalue weighted by atomic mass is 10.2. The Labute approximate surface area is 94.6 Å². The number of hydrogen-bond acceptors (Lipinski definition) is 3. The minimum Gasteiger partial charge on any atom is -0.321 e. The molecule has 2 amide bonds. The summed E-state index contributed by atoms with van der Waals surface area (Å²) in [5.41, 5.74) is 2.68. The van der Waals surface area contributed by atoms with E-state index in [1.54, 1.807) is 0 Å². The first kappa shape index (κ1) is 10.9. The van der Waals surface area contributed by atoms with Crippen LogP contribution in [-0.2, 0) is 0 Å². The lowest BCUT2D eigenvalue weighted by Gasteiger charge is -2.27. The number of nitrogens with one attached hydrogen (secondary N) is 1. The molecule has 6 nitrogen and oxygen atoms in total. The van der Waals surface area contributed by atoms with Crippen LogP contribution < -0.4 is 5.43 Å². The predicted molar refractivity (Wildman–Crippen MR) is 59.4 cm³/mol. The van der Waals surface area contributed by atoms with Crippen LogP contribution in [0.3, 0.4) is 0 Å². The quantitative estimate of drug-likeness (QED) is 0.837. The van der Waals surface area contributed by atoms with Crippen molar-refractivity contribution in [2.45, 2.75) is 38.6 Å². The van der Waals surface area contributed by atoms with Crippen LogP contribution >= 0.6 is 0 Å². The number of carbonyl (C=O) groups is 1. The second kappa shape index (κ2) is 4.96. The number of nitrogens with zero attached hydrogens (tertiary/aromatic N) is 4. The fraction of sp³-hybridized carbons (Fsp3) is 0.700. The van der Waals surface area contributed by atoms with Gasteiger partial charge in [0.2, 0.25) is 0 Å². The number of rotatable bonds is 3. The molecule has 0 spiro atoms. The third kappa shape index (κ3) is 2.32. The molecule has 2 rings (SSSR count). The molecule has 1 aliphatic carbocycles. The van der Waals surface area contributed by atoms with Gasteiger partial charge in [-0.2, -0.15) is 4.79 Å². The second-order valence-corrected chi connectivity index (χ2v) is 3.98. The van der Waals surface area contributed by atoms with E-state index in [1.165, 1.54) is 30.3 Å². The summed E-state index contributed by atoms with van der Waals surface area (Å²) in [6.45, 7) is 2.73. The highest BCUT2D eigenvalue weighted by Gasteiger charge is 2.25. The fourth-order valence-corrected chi connectivity index (χ4v) is 2.21. The van der Waals surface area contributed by atoms with Crippen LogP contribution in [-0.4, -0.2) is 38.4 Å². The summed E-state index contributed by atoms with van der Waals surface area (Å²) < 4.78 is 0. The van der Waals surface area contributed by atoms with Gasteiger partial charge in [-0.25, -0.2) is 15.2 Å². The molecule has 0 radical (unpaired) electrons. The molecule has 1 aliphatic rings. The summed E-state index contributed by atoms with van der Waals surface area (Å²) >= 11 is 0. The largest absolute Gasteiger partial charge is 0.338 e. The van der Waals surface area contributed by atoms with E-state index in [-0.39, 0.29) is 6.03 Å². The lowest BCUT2D eigenvalue weighted by molar-refractivity contribution is 0.189. The van der Waals surface area contributed by atoms with E-state index in [4.69, 9.17) is 0 Å². The molecule has 0 aliphatic heterocycles. The van der Waals surface area contributed by atoms with Gasteiger partial charge in [-0.3, -0.25) is 0 Å². The zero-order valence-electron chi connectivity index (χ0n) is 9.46. The van der Waals surface area contributed by atoms with E-state index >= 15 is 0 Å². The van der Waals surface area contributed by atoms with Gasteiger partial charge in [-0.05, 0) is 19.8 Å². The second-order valence-electron chi connectivity index (χ2n) is 3.98. The number of urea groups is 1. The Morgan fingerprint density at radius 3 is 2.88 bits per heavy atom. The third-order valence-electron chi connectivity index (χ3n) is 3.00. The minimum atomic E-state index is -0.0973. The molecular formula is C10H17N5O. The Bertz CT molecular complexity index is 331. The molecule has 1 N–H and O–H groups in total. The monoisotopic (exact) mass is 223 g/mol. The van der Waals surface area contributed by atoms with E-state index in [2.05, 4.69) is 15.5 Å². The number of carbonyl (C=O) groups excluding carboxylic acids is 1. The molecule has 0 unspecified atom stereocenters. The molecule has 1 saturated carbocycles. The van der Waals surface area contributed by atoms with Crippen molar-refractivity contribution < 1.29 is 4.79 Å². The van der Waals surface area contributed by atoms with Crippen molar-refractivity contribution in [2.75, 3.05) is 12.0 Å². The van der Waals surface area contributed by atoms with Crippen molar-refractivity contribution in [1.29, 1.82) is 0 Å². The molecule has 1 fully saturated rings. The molecule has 0 bridgehead atoms. The Balaban J connectivity index is 1.95. The van der Waals surface area contributed by atoms with E-state index in [0.29, 0.717) is 6.04 Å². The first-order valence-electron chi connectivity index (χ1n) is 5.73. The summed E-state index contributed by atoms with van der Waals surface area (Å²) in [6, 6.07) is 0.286. The molecule has 6 heteroatoms. The predicted octanol–water partition coefficient (Wildman–Crippen LogP) is 1.21. The fourth-order valence-electron chi connectivity index (χ4n) is 2.21. The normalized spacial score (nSPS) is 16.3. The molecule has 1 aromatic heterocycles. The molecule has 88 valence electrons. The smallest absolute Gasteiger partial charge is 0.321 e. The Kier molecular flexibility index (Phi) is 3.38. The maximum absolute atomic E-state index is 12.0. The molecule has 16 heavy (non-hydrogen) atoms. The van der Waals surface area contributed by atoms with E-state index < -0.39 is 0 Å². The standard InChI is InChI=1S/C10H17N5O/c1-2-14(9-5-3-4-6-9)10(16)13-15-8-11-7-12-15/h7-9H,2-6H2,1H3,(H,13,16). The molecule has 1 aromatic rings. The highest BCUT2D eigenvalue weighted by Crippen LogP contribution is 2.23. The van der Waals surface area contributed by atoms with Gasteiger partial charge in [0.1, 0.15) is 12.7 Å². The van der Waals surface area contributed by atoms with Gasteiger partial charge >= 0.3 is 6.03 Å². The number of hydrogen-bond donors (Lipinski definition) is 1. The molecule has 0 saturated heterocycles.